The second kappa shape index (κ2) is 6.21. The van der Waals surface area contributed by atoms with Crippen molar-refractivity contribution in [2.24, 2.45) is 0 Å². The van der Waals surface area contributed by atoms with Crippen molar-refractivity contribution in [2.45, 2.75) is 6.42 Å². The van der Waals surface area contributed by atoms with Crippen LogP contribution in [0.1, 0.15) is 16.1 Å². The van der Waals surface area contributed by atoms with Gasteiger partial charge in [0, 0.05) is 6.54 Å². The molecule has 1 aromatic heterocycles. The predicted molar refractivity (Wildman–Crippen MR) is 91.0 cm³/mol. The largest absolute Gasteiger partial charge is 0.495 e. The van der Waals surface area contributed by atoms with Gasteiger partial charge in [0.2, 0.25) is 10.0 Å². The highest BCUT2D eigenvalue weighted by atomic mass is 32.2. The van der Waals surface area contributed by atoms with E-state index < -0.39 is 10.0 Å². The van der Waals surface area contributed by atoms with Gasteiger partial charge in [-0.05, 0) is 36.1 Å². The van der Waals surface area contributed by atoms with Crippen LogP contribution < -0.4 is 14.4 Å². The van der Waals surface area contributed by atoms with E-state index in [-0.39, 0.29) is 11.7 Å². The number of benzene rings is 1. The van der Waals surface area contributed by atoms with Gasteiger partial charge in [0.25, 0.3) is 5.91 Å². The summed E-state index contributed by atoms with van der Waals surface area (Å²) in [6.07, 6.45) is 0.602. The number of rotatable bonds is 4. The first-order valence-corrected chi connectivity index (χ1v) is 9.53. The number of hydrogen-bond donors (Lipinski definition) is 1. The molecule has 3 rings (SSSR count). The smallest absolute Gasteiger partial charge is 0.265 e. The Labute approximate surface area is 138 Å². The molecule has 8 heteroatoms. The quantitative estimate of drug-likeness (QED) is 0.917. The number of thiophene rings is 1. The van der Waals surface area contributed by atoms with Crippen molar-refractivity contribution in [1.29, 1.82) is 0 Å². The summed E-state index contributed by atoms with van der Waals surface area (Å²) in [6, 6.07) is 8.49. The van der Waals surface area contributed by atoms with Crippen LogP contribution in [0.5, 0.6) is 5.75 Å². The van der Waals surface area contributed by atoms with Crippen molar-refractivity contribution in [3.63, 3.8) is 0 Å². The number of amides is 1. The lowest BCUT2D eigenvalue weighted by atomic mass is 10.2. The molecule has 0 unspecified atom stereocenters. The highest BCUT2D eigenvalue weighted by Crippen LogP contribution is 2.33. The molecule has 122 valence electrons. The maximum absolute atomic E-state index is 12.2. The van der Waals surface area contributed by atoms with Gasteiger partial charge in [-0.1, -0.05) is 6.07 Å². The van der Waals surface area contributed by atoms with Crippen LogP contribution in [-0.2, 0) is 10.0 Å². The fraction of sp³-hybridized carbons (Fsp3) is 0.267. The number of carbonyl (C=O) groups is 1. The molecule has 1 aliphatic heterocycles. The van der Waals surface area contributed by atoms with Crippen LogP contribution in [0, 0.1) is 0 Å². The third-order valence-electron chi connectivity index (χ3n) is 3.56. The summed E-state index contributed by atoms with van der Waals surface area (Å²) in [5.74, 6) is 0.380. The summed E-state index contributed by atoms with van der Waals surface area (Å²) in [6.45, 7) is 0.451. The summed E-state index contributed by atoms with van der Waals surface area (Å²) < 4.78 is 30.7. The predicted octanol–water partition coefficient (Wildman–Crippen LogP) is 2.55. The maximum Gasteiger partial charge on any atom is 0.265 e. The summed E-state index contributed by atoms with van der Waals surface area (Å²) in [7, 11) is -1.76. The van der Waals surface area contributed by atoms with Gasteiger partial charge >= 0.3 is 0 Å². The average Bonchev–Trinajstić information content (AvgIpc) is 3.16. The van der Waals surface area contributed by atoms with Crippen LogP contribution in [0.25, 0.3) is 0 Å². The molecule has 1 amide bonds. The van der Waals surface area contributed by atoms with Gasteiger partial charge in [-0.2, -0.15) is 0 Å². The molecule has 0 atom stereocenters. The number of carbonyl (C=O) groups excluding carboxylic acids is 1. The maximum atomic E-state index is 12.2. The number of nitrogens with one attached hydrogen (secondary N) is 1. The number of anilines is 2. The minimum atomic E-state index is -3.27. The molecule has 23 heavy (non-hydrogen) atoms. The Morgan fingerprint density at radius 3 is 2.78 bits per heavy atom. The third-order valence-corrected chi connectivity index (χ3v) is 6.30. The zero-order valence-electron chi connectivity index (χ0n) is 12.5. The molecule has 6 nitrogen and oxygen atoms in total. The van der Waals surface area contributed by atoms with Crippen LogP contribution in [0.15, 0.2) is 35.7 Å². The molecular formula is C15H16N2O4S2. The van der Waals surface area contributed by atoms with E-state index in [0.29, 0.717) is 35.0 Å². The molecule has 2 aromatic rings. The van der Waals surface area contributed by atoms with Crippen LogP contribution in [-0.4, -0.2) is 33.7 Å². The van der Waals surface area contributed by atoms with Gasteiger partial charge in [-0.15, -0.1) is 11.3 Å². The second-order valence-electron chi connectivity index (χ2n) is 5.06. The Hall–Kier alpha value is -2.06. The van der Waals surface area contributed by atoms with E-state index in [1.165, 1.54) is 22.8 Å². The monoisotopic (exact) mass is 352 g/mol. The van der Waals surface area contributed by atoms with Crippen molar-refractivity contribution < 1.29 is 17.9 Å². The van der Waals surface area contributed by atoms with Gasteiger partial charge < -0.3 is 10.1 Å². The van der Waals surface area contributed by atoms with Gasteiger partial charge in [-0.3, -0.25) is 9.10 Å². The van der Waals surface area contributed by atoms with E-state index in [9.17, 15) is 13.2 Å². The number of hydrogen-bond acceptors (Lipinski definition) is 5. The minimum Gasteiger partial charge on any atom is -0.495 e. The van der Waals surface area contributed by atoms with Crippen molar-refractivity contribution in [2.75, 3.05) is 29.0 Å². The van der Waals surface area contributed by atoms with Gasteiger partial charge in [0.05, 0.1) is 29.1 Å². The van der Waals surface area contributed by atoms with Gasteiger partial charge in [-0.25, -0.2) is 8.42 Å². The standard InChI is InChI=1S/C15H16N2O4S2/c1-21-13-6-5-11(17-7-3-9-23(17,19)20)10-12(13)16-15(18)14-4-2-8-22-14/h2,4-6,8,10H,3,7,9H2,1H3,(H,16,18). The molecule has 1 aliphatic rings. The molecule has 0 spiro atoms. The van der Waals surface area contributed by atoms with Crippen LogP contribution in [0.4, 0.5) is 11.4 Å². The van der Waals surface area contributed by atoms with Crippen molar-refractivity contribution in [3.05, 3.63) is 40.6 Å². The van der Waals surface area contributed by atoms with Crippen LogP contribution >= 0.6 is 11.3 Å². The molecule has 0 bridgehead atoms. The Morgan fingerprint density at radius 2 is 2.17 bits per heavy atom. The van der Waals surface area contributed by atoms with E-state index in [0.717, 1.165) is 0 Å². The summed E-state index contributed by atoms with van der Waals surface area (Å²) in [5.41, 5.74) is 0.982. The molecule has 1 fully saturated rings. The van der Waals surface area contributed by atoms with Crippen molar-refractivity contribution in [3.8, 4) is 5.75 Å². The van der Waals surface area contributed by atoms with E-state index in [4.69, 9.17) is 4.74 Å². The Bertz CT molecular complexity index is 816. The molecule has 1 aromatic carbocycles. The lowest BCUT2D eigenvalue weighted by Crippen LogP contribution is -2.25. The van der Waals surface area contributed by atoms with E-state index in [1.54, 1.807) is 30.3 Å². The van der Waals surface area contributed by atoms with E-state index >= 15 is 0 Å². The van der Waals surface area contributed by atoms with Gasteiger partial charge in [0.1, 0.15) is 5.75 Å². The number of nitrogens with zero attached hydrogens (tertiary/aromatic N) is 1. The first kappa shape index (κ1) is 15.8. The Kier molecular flexibility index (Phi) is 4.27. The Morgan fingerprint density at radius 1 is 1.35 bits per heavy atom. The molecule has 2 heterocycles. The molecule has 1 saturated heterocycles. The minimum absolute atomic E-state index is 0.149. The summed E-state index contributed by atoms with van der Waals surface area (Å²) >= 11 is 1.33. The Balaban J connectivity index is 1.92. The zero-order valence-corrected chi connectivity index (χ0v) is 14.1. The molecular weight excluding hydrogens is 336 g/mol. The van der Waals surface area contributed by atoms with Gasteiger partial charge in [0.15, 0.2) is 0 Å². The molecule has 0 aliphatic carbocycles. The zero-order chi connectivity index (χ0) is 16.4. The normalized spacial score (nSPS) is 16.3. The highest BCUT2D eigenvalue weighted by Gasteiger charge is 2.29. The fourth-order valence-corrected chi connectivity index (χ4v) is 4.65. The van der Waals surface area contributed by atoms with Crippen LogP contribution in [0.2, 0.25) is 0 Å². The first-order valence-electron chi connectivity index (χ1n) is 7.04. The molecule has 1 N–H and O–H groups in total. The average molecular weight is 352 g/mol. The first-order chi connectivity index (χ1) is 11.0. The second-order valence-corrected chi connectivity index (χ2v) is 8.02. The topological polar surface area (TPSA) is 75.7 Å². The van der Waals surface area contributed by atoms with E-state index in [2.05, 4.69) is 5.32 Å². The SMILES string of the molecule is COc1ccc(N2CCCS2(=O)=O)cc1NC(=O)c1cccs1. The number of ether oxygens (including phenoxy) is 1. The lowest BCUT2D eigenvalue weighted by molar-refractivity contribution is 0.103. The molecule has 0 radical (unpaired) electrons. The van der Waals surface area contributed by atoms with Crippen molar-refractivity contribution >= 4 is 38.6 Å². The fourth-order valence-electron chi connectivity index (χ4n) is 2.47. The van der Waals surface area contributed by atoms with E-state index in [1.807, 2.05) is 5.38 Å². The summed E-state index contributed by atoms with van der Waals surface area (Å²) in [5, 5.41) is 4.60. The number of sulfonamides is 1. The highest BCUT2D eigenvalue weighted by molar-refractivity contribution is 7.93. The third kappa shape index (κ3) is 3.18. The molecule has 0 saturated carbocycles. The van der Waals surface area contributed by atoms with Crippen molar-refractivity contribution in [1.82, 2.24) is 0 Å². The summed E-state index contributed by atoms with van der Waals surface area (Å²) in [4.78, 5) is 12.8. The lowest BCUT2D eigenvalue weighted by Gasteiger charge is -2.19. The van der Waals surface area contributed by atoms with Crippen LogP contribution in [0.3, 0.4) is 0 Å². The number of methoxy groups -OCH3 is 1.